The number of likely N-dealkylation sites (tertiary alicyclic amines) is 1. The third kappa shape index (κ3) is 3.88. The first kappa shape index (κ1) is 17.0. The summed E-state index contributed by atoms with van der Waals surface area (Å²) in [4.78, 5) is 10.6. The van der Waals surface area contributed by atoms with Gasteiger partial charge < -0.3 is 15.2 Å². The number of para-hydroxylation sites is 2. The molecule has 2 aromatic carbocycles. The van der Waals surface area contributed by atoms with Crippen molar-refractivity contribution in [3.8, 4) is 0 Å². The second kappa shape index (κ2) is 7.87. The average Bonchev–Trinajstić information content (AvgIpc) is 3.13. The van der Waals surface area contributed by atoms with Gasteiger partial charge in [0.25, 0.3) is 0 Å². The molecule has 0 unspecified atom stereocenters. The fourth-order valence-corrected chi connectivity index (χ4v) is 3.89. The molecule has 0 saturated carbocycles. The number of benzene rings is 2. The van der Waals surface area contributed by atoms with Crippen LogP contribution in [0.3, 0.4) is 0 Å². The Bertz CT molecular complexity index is 841. The van der Waals surface area contributed by atoms with Crippen LogP contribution in [-0.2, 0) is 6.42 Å². The molecule has 4 nitrogen and oxygen atoms in total. The van der Waals surface area contributed by atoms with Crippen LogP contribution in [0.25, 0.3) is 11.0 Å². The van der Waals surface area contributed by atoms with Gasteiger partial charge in [-0.2, -0.15) is 0 Å². The monoisotopic (exact) mass is 364 g/mol. The van der Waals surface area contributed by atoms with Gasteiger partial charge in [0.2, 0.25) is 0 Å². The zero-order valence-electron chi connectivity index (χ0n) is 14.8. The molecule has 0 spiro atoms. The second-order valence-corrected chi connectivity index (χ2v) is 7.28. The number of hydrogen-bond donors (Lipinski definition) is 2. The summed E-state index contributed by atoms with van der Waals surface area (Å²) in [6, 6.07) is 18.7. The van der Waals surface area contributed by atoms with Crippen LogP contribution in [0.4, 0.5) is 0 Å². The molecule has 2 heterocycles. The summed E-state index contributed by atoms with van der Waals surface area (Å²) < 4.78 is 0. The van der Waals surface area contributed by atoms with Crippen LogP contribution >= 0.6 is 12.2 Å². The lowest BCUT2D eigenvalue weighted by molar-refractivity contribution is 0.300. The molecule has 1 aliphatic rings. The zero-order valence-corrected chi connectivity index (χ0v) is 15.6. The van der Waals surface area contributed by atoms with Crippen molar-refractivity contribution in [1.82, 2.24) is 20.2 Å². The number of aromatic nitrogens is 2. The summed E-state index contributed by atoms with van der Waals surface area (Å²) >= 11 is 5.64. The molecule has 0 amide bonds. The van der Waals surface area contributed by atoms with Crippen molar-refractivity contribution < 1.29 is 0 Å². The van der Waals surface area contributed by atoms with E-state index in [4.69, 9.17) is 17.2 Å². The van der Waals surface area contributed by atoms with Gasteiger partial charge in [0.05, 0.1) is 11.0 Å². The Kier molecular flexibility index (Phi) is 5.16. The highest BCUT2D eigenvalue weighted by Gasteiger charge is 2.25. The molecule has 3 aromatic rings. The Morgan fingerprint density at radius 2 is 1.96 bits per heavy atom. The first-order chi connectivity index (χ1) is 12.8. The molecular weight excluding hydrogens is 340 g/mol. The van der Waals surface area contributed by atoms with E-state index >= 15 is 0 Å². The number of piperidine rings is 1. The number of hydrogen-bond acceptors (Lipinski definition) is 2. The second-order valence-electron chi connectivity index (χ2n) is 6.89. The summed E-state index contributed by atoms with van der Waals surface area (Å²) in [5.74, 6) is 1.49. The zero-order chi connectivity index (χ0) is 17.8. The van der Waals surface area contributed by atoms with Crippen LogP contribution in [0.5, 0.6) is 0 Å². The Morgan fingerprint density at radius 1 is 1.15 bits per heavy atom. The van der Waals surface area contributed by atoms with E-state index in [1.807, 2.05) is 18.2 Å². The van der Waals surface area contributed by atoms with E-state index in [9.17, 15) is 0 Å². The molecule has 134 valence electrons. The average molecular weight is 365 g/mol. The molecule has 0 aliphatic carbocycles. The Labute approximate surface area is 159 Å². The molecule has 1 aromatic heterocycles. The Balaban J connectivity index is 1.34. The van der Waals surface area contributed by atoms with E-state index < -0.39 is 0 Å². The summed E-state index contributed by atoms with van der Waals surface area (Å²) in [6.07, 6.45) is 3.28. The highest BCUT2D eigenvalue weighted by molar-refractivity contribution is 7.80. The minimum atomic E-state index is 0.407. The molecule has 2 N–H and O–H groups in total. The van der Waals surface area contributed by atoms with Crippen LogP contribution in [0.1, 0.15) is 30.1 Å². The van der Waals surface area contributed by atoms with Crippen molar-refractivity contribution in [3.05, 3.63) is 66.0 Å². The van der Waals surface area contributed by atoms with Gasteiger partial charge in [-0.15, -0.1) is 0 Å². The number of thiocarbonyl (C=S) groups is 1. The molecule has 0 radical (unpaired) electrons. The van der Waals surface area contributed by atoms with Crippen molar-refractivity contribution in [2.75, 3.05) is 19.6 Å². The minimum absolute atomic E-state index is 0.407. The van der Waals surface area contributed by atoms with Gasteiger partial charge >= 0.3 is 0 Å². The molecule has 26 heavy (non-hydrogen) atoms. The maximum absolute atomic E-state index is 5.64. The molecular formula is C21H24N4S. The predicted octanol–water partition coefficient (Wildman–Crippen LogP) is 3.86. The number of rotatable bonds is 4. The van der Waals surface area contributed by atoms with Gasteiger partial charge in [-0.25, -0.2) is 4.98 Å². The molecule has 0 bridgehead atoms. The van der Waals surface area contributed by atoms with Gasteiger partial charge in [-0.1, -0.05) is 42.5 Å². The summed E-state index contributed by atoms with van der Waals surface area (Å²) in [6.45, 7) is 2.82. The third-order valence-corrected chi connectivity index (χ3v) is 5.44. The number of aromatic amines is 1. The standard InChI is InChI=1S/C21H24N4S/c26-21(22-13-12-16-7-2-1-3-8-16)25-14-6-9-17(15-25)20-23-18-10-4-5-11-19(18)24-20/h1-5,7-8,10-11,17H,6,9,12-15H2,(H,22,26)(H,23,24)/t17-/m0/s1. The number of imidazole rings is 1. The number of H-pyrrole nitrogens is 1. The van der Waals surface area contributed by atoms with Crippen molar-refractivity contribution in [3.63, 3.8) is 0 Å². The minimum Gasteiger partial charge on any atom is -0.362 e. The fourth-order valence-electron chi connectivity index (χ4n) is 3.62. The third-order valence-electron chi connectivity index (χ3n) is 5.04. The van der Waals surface area contributed by atoms with Crippen molar-refractivity contribution in [2.45, 2.75) is 25.2 Å². The van der Waals surface area contributed by atoms with Crippen molar-refractivity contribution >= 4 is 28.4 Å². The molecule has 1 atom stereocenters. The lowest BCUT2D eigenvalue weighted by atomic mass is 9.98. The number of fused-ring (bicyclic) bond motifs is 1. The van der Waals surface area contributed by atoms with E-state index in [0.717, 1.165) is 60.9 Å². The van der Waals surface area contributed by atoms with Gasteiger partial charge in [-0.05, 0) is 49.2 Å². The Hall–Kier alpha value is -2.40. The van der Waals surface area contributed by atoms with Crippen molar-refractivity contribution in [2.24, 2.45) is 0 Å². The first-order valence-corrected chi connectivity index (χ1v) is 9.72. The Morgan fingerprint density at radius 3 is 2.81 bits per heavy atom. The predicted molar refractivity (Wildman–Crippen MR) is 110 cm³/mol. The van der Waals surface area contributed by atoms with Crippen LogP contribution in [0, 0.1) is 0 Å². The quantitative estimate of drug-likeness (QED) is 0.690. The molecule has 1 fully saturated rings. The van der Waals surface area contributed by atoms with E-state index in [1.54, 1.807) is 0 Å². The van der Waals surface area contributed by atoms with Gasteiger partial charge in [0, 0.05) is 25.6 Å². The smallest absolute Gasteiger partial charge is 0.168 e. The van der Waals surface area contributed by atoms with E-state index in [2.05, 4.69) is 51.6 Å². The molecule has 1 aliphatic heterocycles. The molecule has 4 rings (SSSR count). The molecule has 5 heteroatoms. The van der Waals surface area contributed by atoms with Crippen LogP contribution in [-0.4, -0.2) is 39.6 Å². The van der Waals surface area contributed by atoms with Gasteiger partial charge in [-0.3, -0.25) is 0 Å². The highest BCUT2D eigenvalue weighted by Crippen LogP contribution is 2.26. The number of nitrogens with one attached hydrogen (secondary N) is 2. The fraction of sp³-hybridized carbons (Fsp3) is 0.333. The van der Waals surface area contributed by atoms with E-state index in [0.29, 0.717) is 5.92 Å². The van der Waals surface area contributed by atoms with Crippen LogP contribution in [0.15, 0.2) is 54.6 Å². The van der Waals surface area contributed by atoms with E-state index in [-0.39, 0.29) is 0 Å². The van der Waals surface area contributed by atoms with Gasteiger partial charge in [0.15, 0.2) is 5.11 Å². The summed E-state index contributed by atoms with van der Waals surface area (Å²) in [5.41, 5.74) is 3.49. The molecule has 1 saturated heterocycles. The van der Waals surface area contributed by atoms with Crippen molar-refractivity contribution in [1.29, 1.82) is 0 Å². The summed E-state index contributed by atoms with van der Waals surface area (Å²) in [7, 11) is 0. The van der Waals surface area contributed by atoms with Gasteiger partial charge in [0.1, 0.15) is 5.82 Å². The normalized spacial score (nSPS) is 17.4. The summed E-state index contributed by atoms with van der Waals surface area (Å²) in [5, 5.41) is 4.29. The largest absolute Gasteiger partial charge is 0.362 e. The van der Waals surface area contributed by atoms with E-state index in [1.165, 1.54) is 5.56 Å². The lowest BCUT2D eigenvalue weighted by Gasteiger charge is -2.33. The topological polar surface area (TPSA) is 44.0 Å². The number of nitrogens with zero attached hydrogens (tertiary/aromatic N) is 2. The maximum atomic E-state index is 5.64. The maximum Gasteiger partial charge on any atom is 0.168 e. The highest BCUT2D eigenvalue weighted by atomic mass is 32.1. The lowest BCUT2D eigenvalue weighted by Crippen LogP contribution is -2.45. The van der Waals surface area contributed by atoms with Crippen LogP contribution < -0.4 is 5.32 Å². The first-order valence-electron chi connectivity index (χ1n) is 9.31. The SMILES string of the molecule is S=C(NCCc1ccccc1)N1CCC[C@H](c2nc3ccccc3[nH]2)C1. The van der Waals surface area contributed by atoms with Crippen LogP contribution in [0.2, 0.25) is 0 Å².